The first-order valence-electron chi connectivity index (χ1n) is 5.98. The summed E-state index contributed by atoms with van der Waals surface area (Å²) in [4.78, 5) is 24.7. The fourth-order valence-electron chi connectivity index (χ4n) is 1.55. The molecule has 1 radical (unpaired) electrons. The SMILES string of the molecule is CC(C)(C)OC(=O)NCC(=O)N1[CH]CCCC1. The van der Waals surface area contributed by atoms with Crippen LogP contribution in [-0.4, -0.2) is 35.6 Å². The van der Waals surface area contributed by atoms with Crippen molar-refractivity contribution in [2.24, 2.45) is 0 Å². The second kappa shape index (κ2) is 5.89. The van der Waals surface area contributed by atoms with Crippen LogP contribution in [0.3, 0.4) is 0 Å². The lowest BCUT2D eigenvalue weighted by Crippen LogP contribution is -2.42. The summed E-state index contributed by atoms with van der Waals surface area (Å²) in [5.41, 5.74) is -0.537. The van der Waals surface area contributed by atoms with Crippen molar-refractivity contribution in [2.45, 2.75) is 45.6 Å². The Balaban J connectivity index is 2.25. The van der Waals surface area contributed by atoms with E-state index in [-0.39, 0.29) is 12.5 Å². The van der Waals surface area contributed by atoms with Crippen LogP contribution in [0.2, 0.25) is 0 Å². The Morgan fingerprint density at radius 2 is 2.06 bits per heavy atom. The van der Waals surface area contributed by atoms with Crippen molar-refractivity contribution in [1.29, 1.82) is 0 Å². The molecule has 1 aliphatic heterocycles. The van der Waals surface area contributed by atoms with E-state index in [0.717, 1.165) is 25.8 Å². The molecule has 0 aromatic heterocycles. The monoisotopic (exact) mass is 241 g/mol. The van der Waals surface area contributed by atoms with E-state index >= 15 is 0 Å². The number of carbonyl (C=O) groups excluding carboxylic acids is 2. The molecule has 5 heteroatoms. The molecule has 0 bridgehead atoms. The van der Waals surface area contributed by atoms with Crippen molar-refractivity contribution < 1.29 is 14.3 Å². The first kappa shape index (κ1) is 13.8. The second-order valence-electron chi connectivity index (χ2n) is 5.12. The molecule has 2 amide bonds. The number of nitrogens with one attached hydrogen (secondary N) is 1. The van der Waals surface area contributed by atoms with Crippen LogP contribution in [0.25, 0.3) is 0 Å². The van der Waals surface area contributed by atoms with Gasteiger partial charge in [0.05, 0.1) is 6.54 Å². The first-order chi connectivity index (χ1) is 7.88. The Kier molecular flexibility index (Phi) is 4.78. The van der Waals surface area contributed by atoms with Gasteiger partial charge in [0.25, 0.3) is 0 Å². The number of carbonyl (C=O) groups is 2. The molecule has 0 aromatic rings. The number of rotatable bonds is 2. The van der Waals surface area contributed by atoms with Gasteiger partial charge in [0.1, 0.15) is 12.1 Å². The van der Waals surface area contributed by atoms with Crippen LogP contribution in [0, 0.1) is 6.54 Å². The van der Waals surface area contributed by atoms with Crippen molar-refractivity contribution in [3.63, 3.8) is 0 Å². The number of alkyl carbamates (subject to hydrolysis) is 1. The van der Waals surface area contributed by atoms with Gasteiger partial charge in [-0.1, -0.05) is 0 Å². The average Bonchev–Trinajstić information content (AvgIpc) is 2.25. The van der Waals surface area contributed by atoms with Gasteiger partial charge in [-0.2, -0.15) is 0 Å². The zero-order valence-electron chi connectivity index (χ0n) is 10.8. The summed E-state index contributed by atoms with van der Waals surface area (Å²) in [6.07, 6.45) is 2.53. The zero-order valence-corrected chi connectivity index (χ0v) is 10.8. The molecule has 0 saturated carbocycles. The standard InChI is InChI=1S/C12H21N2O3/c1-12(2,3)17-11(16)13-9-10(15)14-7-5-4-6-8-14/h7H,4-6,8-9H2,1-3H3,(H,13,16). The van der Waals surface area contributed by atoms with Crippen LogP contribution in [0.4, 0.5) is 4.79 Å². The van der Waals surface area contributed by atoms with E-state index in [1.54, 1.807) is 25.7 Å². The van der Waals surface area contributed by atoms with Gasteiger partial charge in [-0.3, -0.25) is 4.79 Å². The van der Waals surface area contributed by atoms with Crippen molar-refractivity contribution in [1.82, 2.24) is 10.2 Å². The van der Waals surface area contributed by atoms with Crippen molar-refractivity contribution in [2.75, 3.05) is 13.1 Å². The van der Waals surface area contributed by atoms with Gasteiger partial charge in [0, 0.05) is 6.54 Å². The summed E-state index contributed by atoms with van der Waals surface area (Å²) in [5.74, 6) is -0.0874. The normalized spacial score (nSPS) is 16.5. The number of nitrogens with zero attached hydrogens (tertiary/aromatic N) is 1. The maximum Gasteiger partial charge on any atom is 0.408 e. The summed E-state index contributed by atoms with van der Waals surface area (Å²) in [6, 6.07) is 0. The Hall–Kier alpha value is -1.26. The van der Waals surface area contributed by atoms with Crippen molar-refractivity contribution in [3.05, 3.63) is 6.54 Å². The van der Waals surface area contributed by atoms with E-state index in [1.165, 1.54) is 0 Å². The van der Waals surface area contributed by atoms with E-state index in [0.29, 0.717) is 0 Å². The molecule has 0 spiro atoms. The van der Waals surface area contributed by atoms with Crippen LogP contribution in [0.1, 0.15) is 40.0 Å². The van der Waals surface area contributed by atoms with Gasteiger partial charge < -0.3 is 15.0 Å². The van der Waals surface area contributed by atoms with E-state index in [2.05, 4.69) is 5.32 Å². The van der Waals surface area contributed by atoms with E-state index in [1.807, 2.05) is 6.54 Å². The smallest absolute Gasteiger partial charge is 0.408 e. The Labute approximate surface area is 102 Å². The third kappa shape index (κ3) is 5.56. The van der Waals surface area contributed by atoms with Gasteiger partial charge in [-0.05, 0) is 40.0 Å². The molecule has 0 unspecified atom stereocenters. The second-order valence-corrected chi connectivity index (χ2v) is 5.12. The zero-order chi connectivity index (χ0) is 12.9. The molecule has 0 atom stereocenters. The van der Waals surface area contributed by atoms with Crippen LogP contribution in [-0.2, 0) is 9.53 Å². The number of amides is 2. The number of ether oxygens (including phenoxy) is 1. The molecule has 1 aliphatic rings. The third-order valence-corrected chi connectivity index (χ3v) is 2.31. The highest BCUT2D eigenvalue weighted by atomic mass is 16.6. The molecule has 0 aliphatic carbocycles. The predicted molar refractivity (Wildman–Crippen MR) is 64.1 cm³/mol. The maximum absolute atomic E-state index is 11.7. The highest BCUT2D eigenvalue weighted by Gasteiger charge is 2.19. The lowest BCUT2D eigenvalue weighted by atomic mass is 10.1. The molecule has 1 N–H and O–H groups in total. The molecular formula is C12H21N2O3. The lowest BCUT2D eigenvalue weighted by molar-refractivity contribution is -0.129. The summed E-state index contributed by atoms with van der Waals surface area (Å²) in [5, 5.41) is 2.46. The fourth-order valence-corrected chi connectivity index (χ4v) is 1.55. The Morgan fingerprint density at radius 1 is 1.35 bits per heavy atom. The van der Waals surface area contributed by atoms with Gasteiger partial charge in [-0.25, -0.2) is 4.79 Å². The van der Waals surface area contributed by atoms with E-state index in [9.17, 15) is 9.59 Å². The highest BCUT2D eigenvalue weighted by Crippen LogP contribution is 2.12. The highest BCUT2D eigenvalue weighted by molar-refractivity contribution is 5.82. The molecule has 1 fully saturated rings. The minimum absolute atomic E-state index is 0.00852. The Morgan fingerprint density at radius 3 is 2.59 bits per heavy atom. The molecule has 17 heavy (non-hydrogen) atoms. The molecule has 0 aromatic carbocycles. The fraction of sp³-hybridized carbons (Fsp3) is 0.750. The maximum atomic E-state index is 11.7. The minimum atomic E-state index is -0.553. The van der Waals surface area contributed by atoms with Crippen LogP contribution in [0.15, 0.2) is 0 Å². The number of piperidine rings is 1. The molecule has 97 valence electrons. The van der Waals surface area contributed by atoms with Gasteiger partial charge >= 0.3 is 6.09 Å². The summed E-state index contributed by atoms with van der Waals surface area (Å²) < 4.78 is 5.04. The van der Waals surface area contributed by atoms with Gasteiger partial charge in [0.2, 0.25) is 5.91 Å². The van der Waals surface area contributed by atoms with Crippen LogP contribution in [0.5, 0.6) is 0 Å². The van der Waals surface area contributed by atoms with Gasteiger partial charge in [-0.15, -0.1) is 0 Å². The lowest BCUT2D eigenvalue weighted by Gasteiger charge is -2.26. The van der Waals surface area contributed by atoms with E-state index < -0.39 is 11.7 Å². The van der Waals surface area contributed by atoms with Crippen LogP contribution < -0.4 is 5.32 Å². The third-order valence-electron chi connectivity index (χ3n) is 2.31. The van der Waals surface area contributed by atoms with E-state index in [4.69, 9.17) is 4.74 Å². The quantitative estimate of drug-likeness (QED) is 0.800. The Bertz CT molecular complexity index is 278. The largest absolute Gasteiger partial charge is 0.444 e. The summed E-state index contributed by atoms with van der Waals surface area (Å²) >= 11 is 0. The number of hydrogen-bond acceptors (Lipinski definition) is 3. The van der Waals surface area contributed by atoms with Crippen molar-refractivity contribution >= 4 is 12.0 Å². The summed E-state index contributed by atoms with van der Waals surface area (Å²) in [6.45, 7) is 7.98. The molecule has 5 nitrogen and oxygen atoms in total. The first-order valence-corrected chi connectivity index (χ1v) is 5.98. The molecule has 1 saturated heterocycles. The number of hydrogen-bond donors (Lipinski definition) is 1. The average molecular weight is 241 g/mol. The predicted octanol–water partition coefficient (Wildman–Crippen LogP) is 1.69. The van der Waals surface area contributed by atoms with Crippen LogP contribution >= 0.6 is 0 Å². The van der Waals surface area contributed by atoms with Crippen molar-refractivity contribution in [3.8, 4) is 0 Å². The van der Waals surface area contributed by atoms with Gasteiger partial charge in [0.15, 0.2) is 0 Å². The number of likely N-dealkylation sites (tertiary alicyclic amines) is 1. The molecule has 1 heterocycles. The molecule has 1 rings (SSSR count). The minimum Gasteiger partial charge on any atom is -0.444 e. The molecular weight excluding hydrogens is 220 g/mol. The summed E-state index contributed by atoms with van der Waals surface area (Å²) in [7, 11) is 0. The topological polar surface area (TPSA) is 58.6 Å².